The van der Waals surface area contributed by atoms with Crippen LogP contribution in [0.15, 0.2) is 24.3 Å². The number of carboxylic acid groups (broad SMARTS) is 1. The zero-order chi connectivity index (χ0) is 39.1. The van der Waals surface area contributed by atoms with Gasteiger partial charge in [0.25, 0.3) is 0 Å². The van der Waals surface area contributed by atoms with Crippen LogP contribution in [0.4, 0.5) is 0 Å². The van der Waals surface area contributed by atoms with Crippen LogP contribution >= 0.6 is 0 Å². The summed E-state index contributed by atoms with van der Waals surface area (Å²) in [5.41, 5.74) is 0. The van der Waals surface area contributed by atoms with E-state index in [9.17, 15) is 9.59 Å². The summed E-state index contributed by atoms with van der Waals surface area (Å²) in [6, 6.07) is 0. The second-order valence-corrected chi connectivity index (χ2v) is 16.6. The van der Waals surface area contributed by atoms with Gasteiger partial charge in [0.2, 0.25) is 0 Å². The van der Waals surface area contributed by atoms with Gasteiger partial charge >= 0.3 is 11.9 Å². The van der Waals surface area contributed by atoms with E-state index in [1.54, 1.807) is 0 Å². The third-order valence-corrected chi connectivity index (χ3v) is 11.1. The molecule has 0 aromatic heterocycles. The van der Waals surface area contributed by atoms with E-state index >= 15 is 0 Å². The molecular formula is C50H94O4. The number of hydrogen-bond acceptors (Lipinski definition) is 3. The molecule has 0 fully saturated rings. The Morgan fingerprint density at radius 2 is 0.611 bits per heavy atom. The van der Waals surface area contributed by atoms with Crippen LogP contribution < -0.4 is 0 Å². The third-order valence-electron chi connectivity index (χ3n) is 11.1. The zero-order valence-electron chi connectivity index (χ0n) is 36.4. The van der Waals surface area contributed by atoms with Crippen LogP contribution in [0, 0.1) is 0 Å². The highest BCUT2D eigenvalue weighted by Crippen LogP contribution is 2.16. The first-order chi connectivity index (χ1) is 26.7. The first kappa shape index (κ1) is 52.4. The molecule has 54 heavy (non-hydrogen) atoms. The van der Waals surface area contributed by atoms with Gasteiger partial charge in [-0.1, -0.05) is 217 Å². The average Bonchev–Trinajstić information content (AvgIpc) is 3.16. The Morgan fingerprint density at radius 3 is 0.926 bits per heavy atom. The Bertz CT molecular complexity index is 802. The number of unbranched alkanes of at least 4 members (excludes halogenated alkanes) is 36. The van der Waals surface area contributed by atoms with Crippen molar-refractivity contribution < 1.29 is 19.4 Å². The van der Waals surface area contributed by atoms with E-state index < -0.39 is 5.97 Å². The SMILES string of the molecule is CCCCCCCC/C=C\CCCCCCCC(=O)OCCCCCCCC/C=C/CCCCCCCCCCCCCCCCCCCCCC(=O)O. The van der Waals surface area contributed by atoms with Crippen LogP contribution in [0.3, 0.4) is 0 Å². The number of ether oxygens (including phenoxy) is 1. The van der Waals surface area contributed by atoms with Gasteiger partial charge in [-0.15, -0.1) is 0 Å². The van der Waals surface area contributed by atoms with Crippen LogP contribution in [0.25, 0.3) is 0 Å². The predicted molar refractivity (Wildman–Crippen MR) is 236 cm³/mol. The fourth-order valence-corrected chi connectivity index (χ4v) is 7.45. The summed E-state index contributed by atoms with van der Waals surface area (Å²) in [4.78, 5) is 22.5. The number of rotatable bonds is 46. The van der Waals surface area contributed by atoms with Crippen molar-refractivity contribution in [3.8, 4) is 0 Å². The van der Waals surface area contributed by atoms with Crippen molar-refractivity contribution in [3.63, 3.8) is 0 Å². The number of hydrogen-bond donors (Lipinski definition) is 1. The molecule has 0 unspecified atom stereocenters. The van der Waals surface area contributed by atoms with Crippen LogP contribution in [0.5, 0.6) is 0 Å². The van der Waals surface area contributed by atoms with E-state index in [1.165, 1.54) is 225 Å². The molecule has 0 radical (unpaired) electrons. The molecule has 4 heteroatoms. The molecule has 0 spiro atoms. The van der Waals surface area contributed by atoms with E-state index in [0.29, 0.717) is 19.4 Å². The summed E-state index contributed by atoms with van der Waals surface area (Å²) in [5.74, 6) is -0.649. The molecule has 0 aliphatic rings. The van der Waals surface area contributed by atoms with Gasteiger partial charge in [-0.05, 0) is 70.6 Å². The highest BCUT2D eigenvalue weighted by molar-refractivity contribution is 5.69. The van der Waals surface area contributed by atoms with Gasteiger partial charge in [0.05, 0.1) is 6.61 Å². The summed E-state index contributed by atoms with van der Waals surface area (Å²) < 4.78 is 5.46. The predicted octanol–water partition coefficient (Wildman–Crippen LogP) is 17.1. The minimum atomic E-state index is -0.655. The molecule has 0 bridgehead atoms. The lowest BCUT2D eigenvalue weighted by atomic mass is 10.0. The van der Waals surface area contributed by atoms with Crippen LogP contribution in [-0.4, -0.2) is 23.7 Å². The van der Waals surface area contributed by atoms with Crippen LogP contribution in [0.1, 0.15) is 277 Å². The van der Waals surface area contributed by atoms with E-state index in [1.807, 2.05) is 0 Å². The van der Waals surface area contributed by atoms with Gasteiger partial charge in [-0.3, -0.25) is 9.59 Å². The summed E-state index contributed by atoms with van der Waals surface area (Å²) in [5, 5.41) is 8.66. The first-order valence-electron chi connectivity index (χ1n) is 24.3. The Kier molecular flexibility index (Phi) is 46.2. The van der Waals surface area contributed by atoms with Gasteiger partial charge in [-0.2, -0.15) is 0 Å². The van der Waals surface area contributed by atoms with Crippen molar-refractivity contribution >= 4 is 11.9 Å². The lowest BCUT2D eigenvalue weighted by Crippen LogP contribution is -2.05. The van der Waals surface area contributed by atoms with Crippen LogP contribution in [0.2, 0.25) is 0 Å². The Hall–Kier alpha value is -1.58. The van der Waals surface area contributed by atoms with Crippen molar-refractivity contribution in [2.75, 3.05) is 6.61 Å². The Labute approximate surface area is 337 Å². The smallest absolute Gasteiger partial charge is 0.305 e. The molecular weight excluding hydrogens is 665 g/mol. The van der Waals surface area contributed by atoms with Crippen molar-refractivity contribution in [1.29, 1.82) is 0 Å². The number of aliphatic carboxylic acids is 1. The van der Waals surface area contributed by atoms with Crippen molar-refractivity contribution in [3.05, 3.63) is 24.3 Å². The van der Waals surface area contributed by atoms with Gasteiger partial charge < -0.3 is 9.84 Å². The van der Waals surface area contributed by atoms with Gasteiger partial charge in [0.15, 0.2) is 0 Å². The topological polar surface area (TPSA) is 63.6 Å². The number of allylic oxidation sites excluding steroid dienone is 4. The molecule has 0 amide bonds. The highest BCUT2D eigenvalue weighted by atomic mass is 16.5. The molecule has 0 aliphatic heterocycles. The number of esters is 1. The maximum Gasteiger partial charge on any atom is 0.305 e. The number of carboxylic acids is 1. The second kappa shape index (κ2) is 47.6. The number of carbonyl (C=O) groups excluding carboxylic acids is 1. The third kappa shape index (κ3) is 48.4. The molecule has 4 nitrogen and oxygen atoms in total. The van der Waals surface area contributed by atoms with Crippen molar-refractivity contribution in [1.82, 2.24) is 0 Å². The van der Waals surface area contributed by atoms with Gasteiger partial charge in [0.1, 0.15) is 0 Å². The lowest BCUT2D eigenvalue weighted by Gasteiger charge is -2.05. The molecule has 0 atom stereocenters. The summed E-state index contributed by atoms with van der Waals surface area (Å²) in [7, 11) is 0. The summed E-state index contributed by atoms with van der Waals surface area (Å²) in [6.07, 6.45) is 62.5. The quantitative estimate of drug-likeness (QED) is 0.0381. The summed E-state index contributed by atoms with van der Waals surface area (Å²) >= 11 is 0. The molecule has 0 aliphatic carbocycles. The standard InChI is InChI=1S/C50H94O4/c1-2-3-4-5-6-7-8-9-25-29-32-35-38-41-44-47-50(53)54-48-45-42-39-36-33-30-27-24-22-20-18-16-14-12-10-11-13-15-17-19-21-23-26-28-31-34-37-40-43-46-49(51)52/h9,22,24-25H,2-8,10-21,23,26-48H2,1H3,(H,51,52)/b24-22+,25-9-. The van der Waals surface area contributed by atoms with Gasteiger partial charge in [0, 0.05) is 12.8 Å². The molecule has 1 N–H and O–H groups in total. The molecule has 0 saturated heterocycles. The monoisotopic (exact) mass is 759 g/mol. The fourth-order valence-electron chi connectivity index (χ4n) is 7.45. The molecule has 0 saturated carbocycles. The van der Waals surface area contributed by atoms with E-state index in [0.717, 1.165) is 32.1 Å². The number of carbonyl (C=O) groups is 2. The van der Waals surface area contributed by atoms with E-state index in [4.69, 9.17) is 9.84 Å². The minimum absolute atomic E-state index is 0.00612. The normalized spacial score (nSPS) is 11.7. The van der Waals surface area contributed by atoms with Crippen molar-refractivity contribution in [2.45, 2.75) is 277 Å². The molecule has 0 aromatic rings. The summed E-state index contributed by atoms with van der Waals surface area (Å²) in [6.45, 7) is 2.89. The molecule has 0 rings (SSSR count). The van der Waals surface area contributed by atoms with E-state index in [2.05, 4.69) is 31.2 Å². The second-order valence-electron chi connectivity index (χ2n) is 16.6. The molecule has 0 heterocycles. The zero-order valence-corrected chi connectivity index (χ0v) is 36.4. The minimum Gasteiger partial charge on any atom is -0.481 e. The van der Waals surface area contributed by atoms with E-state index in [-0.39, 0.29) is 5.97 Å². The molecule has 0 aromatic carbocycles. The van der Waals surface area contributed by atoms with Crippen molar-refractivity contribution in [2.24, 2.45) is 0 Å². The maximum absolute atomic E-state index is 12.0. The Morgan fingerprint density at radius 1 is 0.352 bits per heavy atom. The maximum atomic E-state index is 12.0. The average molecular weight is 759 g/mol. The Balaban J connectivity index is 3.20. The molecule has 318 valence electrons. The lowest BCUT2D eigenvalue weighted by molar-refractivity contribution is -0.144. The fraction of sp³-hybridized carbons (Fsp3) is 0.880. The van der Waals surface area contributed by atoms with Gasteiger partial charge in [-0.25, -0.2) is 0 Å². The highest BCUT2D eigenvalue weighted by Gasteiger charge is 2.03. The largest absolute Gasteiger partial charge is 0.481 e. The first-order valence-corrected chi connectivity index (χ1v) is 24.3. The van der Waals surface area contributed by atoms with Crippen LogP contribution in [-0.2, 0) is 14.3 Å².